The second-order valence-corrected chi connectivity index (χ2v) is 22.0. The number of hydrogen-bond acceptors (Lipinski definition) is 6. The molecule has 8 nitrogen and oxygen atoms in total. The Morgan fingerprint density at radius 3 is 0.864 bits per heavy atom. The second-order valence-electron chi connectivity index (χ2n) is 22.0. The van der Waals surface area contributed by atoms with Crippen molar-refractivity contribution in [3.8, 4) is 118 Å². The van der Waals surface area contributed by atoms with E-state index < -0.39 is 0 Å². The van der Waals surface area contributed by atoms with Gasteiger partial charge in [-0.2, -0.15) is 5.26 Å². The maximum absolute atomic E-state index is 10.6. The van der Waals surface area contributed by atoms with Crippen LogP contribution in [0.5, 0.6) is 0 Å². The largest absolute Gasteiger partial charge is 0.307 e. The molecule has 0 aliphatic carbocycles. The molecular formula is C80H50N8. The predicted molar refractivity (Wildman–Crippen MR) is 358 cm³/mol. The lowest BCUT2D eigenvalue weighted by Crippen LogP contribution is -2.05. The summed E-state index contributed by atoms with van der Waals surface area (Å²) < 4.78 is 4.72. The molecule has 410 valence electrons. The highest BCUT2D eigenvalue weighted by atomic mass is 15.0. The van der Waals surface area contributed by atoms with Gasteiger partial charge in [0, 0.05) is 74.1 Å². The summed E-state index contributed by atoms with van der Waals surface area (Å²) in [5, 5.41) is 14.9. The summed E-state index contributed by atoms with van der Waals surface area (Å²) >= 11 is 0. The molecule has 16 aromatic rings. The standard InChI is InChI=1S/C80H50N8/c81-49-52-14-13-23-65(40-52)80-78(87-74-28-24-57(61-32-36-83-70(45-61)53-15-5-1-6-16-53)41-66(74)67-42-58(25-29-75(67)87)62-33-37-84-71(46-62)54-17-7-2-8-18-54)50-82-51-79(80)88-76-30-26-59(63-34-38-85-72(47-63)55-19-9-3-10-20-55)43-68(76)69-44-60(27-31-77(69)88)64-35-39-86-73(48-64)56-21-11-4-12-22-56/h1-48,50-51H. The minimum atomic E-state index is 0.554. The average molecular weight is 1120 g/mol. The Hall–Kier alpha value is -12.2. The lowest BCUT2D eigenvalue weighted by Gasteiger charge is -2.20. The van der Waals surface area contributed by atoms with E-state index in [1.54, 1.807) is 0 Å². The van der Waals surface area contributed by atoms with E-state index in [1.807, 2.05) is 128 Å². The Labute approximate surface area is 507 Å². The van der Waals surface area contributed by atoms with Crippen LogP contribution in [0.1, 0.15) is 5.56 Å². The van der Waals surface area contributed by atoms with Gasteiger partial charge in [-0.25, -0.2) is 0 Å². The summed E-state index contributed by atoms with van der Waals surface area (Å²) in [6.07, 6.45) is 11.5. The van der Waals surface area contributed by atoms with E-state index in [1.165, 1.54) is 0 Å². The molecule has 0 saturated heterocycles. The maximum Gasteiger partial charge on any atom is 0.0991 e. The number of hydrogen-bond donors (Lipinski definition) is 0. The highest BCUT2D eigenvalue weighted by Gasteiger charge is 2.25. The number of nitrogens with zero attached hydrogens (tertiary/aromatic N) is 8. The summed E-state index contributed by atoms with van der Waals surface area (Å²) in [5.74, 6) is 0. The molecule has 0 bridgehead atoms. The van der Waals surface area contributed by atoms with Crippen molar-refractivity contribution >= 4 is 43.6 Å². The van der Waals surface area contributed by atoms with Crippen molar-refractivity contribution in [2.75, 3.05) is 0 Å². The van der Waals surface area contributed by atoms with E-state index in [0.29, 0.717) is 5.56 Å². The highest BCUT2D eigenvalue weighted by Crippen LogP contribution is 2.45. The quantitative estimate of drug-likeness (QED) is 0.128. The first-order valence-electron chi connectivity index (χ1n) is 29.3. The van der Waals surface area contributed by atoms with Gasteiger partial charge in [0.05, 0.1) is 80.2 Å². The van der Waals surface area contributed by atoms with Crippen LogP contribution in [0.2, 0.25) is 0 Å². The first-order valence-corrected chi connectivity index (χ1v) is 29.3. The lowest BCUT2D eigenvalue weighted by atomic mass is 9.99. The van der Waals surface area contributed by atoms with Crippen LogP contribution >= 0.6 is 0 Å². The molecular weight excluding hydrogens is 1070 g/mol. The minimum absolute atomic E-state index is 0.554. The predicted octanol–water partition coefficient (Wildman–Crippen LogP) is 19.7. The lowest BCUT2D eigenvalue weighted by molar-refractivity contribution is 1.09. The number of aromatic nitrogens is 7. The zero-order valence-electron chi connectivity index (χ0n) is 47.4. The molecule has 0 saturated carbocycles. The second kappa shape index (κ2) is 21.8. The van der Waals surface area contributed by atoms with Crippen molar-refractivity contribution in [3.05, 3.63) is 310 Å². The molecule has 8 heteroatoms. The molecule has 0 spiro atoms. The molecule has 0 fully saturated rings. The topological polar surface area (TPSA) is 98.1 Å². The Bertz CT molecular complexity index is 4810. The molecule has 0 unspecified atom stereocenters. The van der Waals surface area contributed by atoms with Gasteiger partial charge < -0.3 is 9.13 Å². The van der Waals surface area contributed by atoms with Crippen LogP contribution in [0.3, 0.4) is 0 Å². The van der Waals surface area contributed by atoms with E-state index in [9.17, 15) is 5.26 Å². The molecule has 7 aromatic heterocycles. The highest BCUT2D eigenvalue weighted by molar-refractivity contribution is 6.14. The van der Waals surface area contributed by atoms with Gasteiger partial charge in [-0.1, -0.05) is 158 Å². The zero-order valence-corrected chi connectivity index (χ0v) is 47.4. The van der Waals surface area contributed by atoms with Crippen molar-refractivity contribution in [3.63, 3.8) is 0 Å². The van der Waals surface area contributed by atoms with Crippen molar-refractivity contribution in [2.45, 2.75) is 0 Å². The maximum atomic E-state index is 10.6. The van der Waals surface area contributed by atoms with Gasteiger partial charge in [0.15, 0.2) is 0 Å². The average Bonchev–Trinajstić information content (AvgIpc) is 1.62. The van der Waals surface area contributed by atoms with Crippen molar-refractivity contribution in [2.24, 2.45) is 0 Å². The van der Waals surface area contributed by atoms with E-state index in [-0.39, 0.29) is 0 Å². The van der Waals surface area contributed by atoms with E-state index in [2.05, 4.69) is 191 Å². The van der Waals surface area contributed by atoms with Crippen LogP contribution < -0.4 is 0 Å². The Balaban J connectivity index is 0.941. The first kappa shape index (κ1) is 51.5. The summed E-state index contributed by atoms with van der Waals surface area (Å²) in [6.45, 7) is 0. The Morgan fingerprint density at radius 1 is 0.261 bits per heavy atom. The van der Waals surface area contributed by atoms with Crippen molar-refractivity contribution < 1.29 is 0 Å². The van der Waals surface area contributed by atoms with Crippen LogP contribution in [0, 0.1) is 11.3 Å². The molecule has 88 heavy (non-hydrogen) atoms. The number of nitriles is 1. The minimum Gasteiger partial charge on any atom is -0.307 e. The molecule has 0 amide bonds. The third-order valence-electron chi connectivity index (χ3n) is 16.8. The van der Waals surface area contributed by atoms with Gasteiger partial charge in [-0.05, 0) is 159 Å². The van der Waals surface area contributed by atoms with E-state index >= 15 is 0 Å². The third kappa shape index (κ3) is 9.24. The molecule has 0 aliphatic rings. The van der Waals surface area contributed by atoms with Crippen LogP contribution in [-0.4, -0.2) is 34.1 Å². The summed E-state index contributed by atoms with van der Waals surface area (Å²) in [7, 11) is 0. The molecule has 0 N–H and O–H groups in total. The SMILES string of the molecule is N#Cc1cccc(-c2c(-n3c4ccc(-c5ccnc(-c6ccccc6)c5)cc4c4cc(-c5ccnc(-c6ccccc6)c5)ccc43)cncc2-n2c3ccc(-c4ccnc(-c5ccccc5)c4)cc3c3cc(-c4ccnc(-c5ccccc5)c4)ccc32)c1. The molecule has 0 radical (unpaired) electrons. The van der Waals surface area contributed by atoms with Gasteiger partial charge >= 0.3 is 0 Å². The molecule has 7 heterocycles. The van der Waals surface area contributed by atoms with E-state index in [0.717, 1.165) is 156 Å². The van der Waals surface area contributed by atoms with Gasteiger partial charge in [0.2, 0.25) is 0 Å². The number of rotatable bonds is 11. The summed E-state index contributed by atoms with van der Waals surface area (Å²) in [5.41, 5.74) is 24.4. The van der Waals surface area contributed by atoms with Gasteiger partial charge in [-0.15, -0.1) is 0 Å². The third-order valence-corrected chi connectivity index (χ3v) is 16.8. The first-order chi connectivity index (χ1) is 43.6. The fourth-order valence-electron chi connectivity index (χ4n) is 12.6. The Kier molecular flexibility index (Phi) is 12.7. The van der Waals surface area contributed by atoms with Gasteiger partial charge in [0.25, 0.3) is 0 Å². The number of benzene rings is 9. The van der Waals surface area contributed by atoms with Gasteiger partial charge in [-0.3, -0.25) is 24.9 Å². The zero-order chi connectivity index (χ0) is 58.5. The van der Waals surface area contributed by atoms with Crippen molar-refractivity contribution in [1.82, 2.24) is 34.1 Å². The summed E-state index contributed by atoms with van der Waals surface area (Å²) in [4.78, 5) is 24.4. The molecule has 9 aromatic carbocycles. The normalized spacial score (nSPS) is 11.4. The molecule has 0 aliphatic heterocycles. The monoisotopic (exact) mass is 1120 g/mol. The van der Waals surface area contributed by atoms with Crippen molar-refractivity contribution in [1.29, 1.82) is 5.26 Å². The number of fused-ring (bicyclic) bond motifs is 6. The van der Waals surface area contributed by atoms with Gasteiger partial charge in [0.1, 0.15) is 0 Å². The Morgan fingerprint density at radius 2 is 0.557 bits per heavy atom. The van der Waals surface area contributed by atoms with Crippen LogP contribution in [0.15, 0.2) is 304 Å². The fourth-order valence-corrected chi connectivity index (χ4v) is 12.6. The molecule has 16 rings (SSSR count). The molecule has 0 atom stereocenters. The van der Waals surface area contributed by atoms with Crippen LogP contribution in [0.4, 0.5) is 0 Å². The summed E-state index contributed by atoms with van der Waals surface area (Å²) in [6, 6.07) is 95.8. The van der Waals surface area contributed by atoms with Crippen LogP contribution in [0.25, 0.3) is 156 Å². The van der Waals surface area contributed by atoms with Crippen LogP contribution in [-0.2, 0) is 0 Å². The fraction of sp³-hybridized carbons (Fsp3) is 0. The smallest absolute Gasteiger partial charge is 0.0991 e. The number of pyridine rings is 5. The van der Waals surface area contributed by atoms with E-state index in [4.69, 9.17) is 24.9 Å².